The average molecular weight is 509 g/mol. The summed E-state index contributed by atoms with van der Waals surface area (Å²) in [6, 6.07) is 17.3. The van der Waals surface area contributed by atoms with Gasteiger partial charge in [-0.2, -0.15) is 0 Å². The summed E-state index contributed by atoms with van der Waals surface area (Å²) in [7, 11) is 0. The molecular weight excluding hydrogens is 479 g/mol. The first-order valence-electron chi connectivity index (χ1n) is 12.6. The van der Waals surface area contributed by atoms with Gasteiger partial charge in [-0.1, -0.05) is 36.4 Å². The molecule has 37 heavy (non-hydrogen) atoms. The second-order valence-electron chi connectivity index (χ2n) is 10.3. The smallest absolute Gasteiger partial charge is 0.307 e. The lowest BCUT2D eigenvalue weighted by molar-refractivity contribution is -0.939. The van der Waals surface area contributed by atoms with E-state index in [0.717, 1.165) is 25.9 Å². The summed E-state index contributed by atoms with van der Waals surface area (Å²) in [6.07, 6.45) is 1.05. The largest absolute Gasteiger partial charge is 0.453 e. The Morgan fingerprint density at radius 1 is 0.838 bits per heavy atom. The van der Waals surface area contributed by atoms with Gasteiger partial charge in [-0.05, 0) is 53.4 Å². The number of Topliss-reactive ketones (excluding diaryl/α,β-unsaturated/α-hetero) is 1. The fourth-order valence-electron chi connectivity index (χ4n) is 6.01. The molecule has 3 aromatic carbocycles. The number of fused-ring (bicyclic) bond motifs is 3. The van der Waals surface area contributed by atoms with Gasteiger partial charge in [-0.3, -0.25) is 9.59 Å². The van der Waals surface area contributed by atoms with E-state index in [9.17, 15) is 22.8 Å². The number of hydrogen-bond acceptors (Lipinski definition) is 3. The van der Waals surface area contributed by atoms with Crippen LogP contribution in [0.3, 0.4) is 0 Å². The Morgan fingerprint density at radius 3 is 1.97 bits per heavy atom. The molecule has 0 saturated carbocycles. The summed E-state index contributed by atoms with van der Waals surface area (Å²) in [4.78, 5) is 26.1. The van der Waals surface area contributed by atoms with Gasteiger partial charge in [0.25, 0.3) is 0 Å². The lowest BCUT2D eigenvalue weighted by atomic mass is 9.75. The zero-order valence-electron chi connectivity index (χ0n) is 20.4. The summed E-state index contributed by atoms with van der Waals surface area (Å²) in [5.41, 5.74) is 1.22. The van der Waals surface area contributed by atoms with Gasteiger partial charge in [0.2, 0.25) is 5.78 Å². The summed E-state index contributed by atoms with van der Waals surface area (Å²) in [5, 5.41) is 0. The molecule has 3 saturated heterocycles. The van der Waals surface area contributed by atoms with Gasteiger partial charge < -0.3 is 9.22 Å². The van der Waals surface area contributed by atoms with E-state index in [-0.39, 0.29) is 24.7 Å². The average Bonchev–Trinajstić information content (AvgIpc) is 2.88. The third-order valence-electron chi connectivity index (χ3n) is 7.84. The molecule has 3 aliphatic heterocycles. The Morgan fingerprint density at radius 2 is 1.41 bits per heavy atom. The molecule has 4 nitrogen and oxygen atoms in total. The highest BCUT2D eigenvalue weighted by atomic mass is 19.1. The van der Waals surface area contributed by atoms with E-state index in [4.69, 9.17) is 4.74 Å². The molecule has 0 aromatic heterocycles. The topological polar surface area (TPSA) is 43.4 Å². The van der Waals surface area contributed by atoms with Crippen molar-refractivity contribution in [3.63, 3.8) is 0 Å². The van der Waals surface area contributed by atoms with Crippen LogP contribution in [0, 0.1) is 29.3 Å². The van der Waals surface area contributed by atoms with Crippen LogP contribution in [-0.2, 0) is 9.53 Å². The van der Waals surface area contributed by atoms with Crippen LogP contribution in [-0.4, -0.2) is 42.4 Å². The fourth-order valence-corrected chi connectivity index (χ4v) is 6.01. The van der Waals surface area contributed by atoms with Crippen molar-refractivity contribution in [2.24, 2.45) is 11.8 Å². The predicted octanol–water partition coefficient (Wildman–Crippen LogP) is 5.87. The van der Waals surface area contributed by atoms with E-state index in [2.05, 4.69) is 0 Å². The van der Waals surface area contributed by atoms with Gasteiger partial charge in [0.05, 0.1) is 26.1 Å². The van der Waals surface area contributed by atoms with E-state index < -0.39 is 29.5 Å². The maximum Gasteiger partial charge on any atom is 0.307 e. The van der Waals surface area contributed by atoms with Gasteiger partial charge in [-0.25, -0.2) is 13.2 Å². The maximum atomic E-state index is 14.0. The number of ketones is 1. The second-order valence-corrected chi connectivity index (χ2v) is 10.3. The van der Waals surface area contributed by atoms with Crippen molar-refractivity contribution in [2.75, 3.05) is 26.2 Å². The van der Waals surface area contributed by atoms with Crippen LogP contribution in [0.25, 0.3) is 0 Å². The van der Waals surface area contributed by atoms with Crippen molar-refractivity contribution < 1.29 is 32.0 Å². The molecule has 7 heteroatoms. The highest BCUT2D eigenvalue weighted by Gasteiger charge is 2.47. The molecule has 0 N–H and O–H groups in total. The number of rotatable bonds is 8. The molecule has 2 bridgehead atoms. The highest BCUT2D eigenvalue weighted by Crippen LogP contribution is 2.40. The Hall–Kier alpha value is -3.45. The number of nitrogens with zero attached hydrogens (tertiary/aromatic N) is 1. The first-order chi connectivity index (χ1) is 17.8. The number of esters is 1. The third kappa shape index (κ3) is 5.77. The van der Waals surface area contributed by atoms with Crippen molar-refractivity contribution >= 4 is 11.8 Å². The Labute approximate surface area is 214 Å². The van der Waals surface area contributed by atoms with Gasteiger partial charge in [0.15, 0.2) is 6.10 Å². The lowest BCUT2D eigenvalue weighted by Crippen LogP contribution is -2.63. The Bertz CT molecular complexity index is 1260. The second kappa shape index (κ2) is 10.5. The minimum Gasteiger partial charge on any atom is -0.453 e. The standard InChI is InChI=1S/C30H29F3NO3/c31-25-7-1-4-21(14-25)28(35)19-34-12-10-20(11-13-34)24(18-34)17-29(36)37-30(22-5-2-8-26(32)15-22)23-6-3-9-27(33)16-23/h1-9,14-16,20,24,30H,10-13,17-19H2/q+1/t20?,24-,34?/m0/s1. The number of carbonyl (C=O) groups excluding carboxylic acids is 2. The van der Waals surface area contributed by atoms with Gasteiger partial charge in [-0.15, -0.1) is 0 Å². The van der Waals surface area contributed by atoms with Crippen molar-refractivity contribution in [3.8, 4) is 0 Å². The zero-order chi connectivity index (χ0) is 26.0. The van der Waals surface area contributed by atoms with Crippen molar-refractivity contribution in [2.45, 2.75) is 25.4 Å². The number of piperidine rings is 3. The van der Waals surface area contributed by atoms with Crippen LogP contribution in [0.5, 0.6) is 0 Å². The van der Waals surface area contributed by atoms with Crippen LogP contribution in [0.2, 0.25) is 0 Å². The van der Waals surface area contributed by atoms with E-state index in [0.29, 0.717) is 33.6 Å². The van der Waals surface area contributed by atoms with Gasteiger partial charge in [0, 0.05) is 24.3 Å². The summed E-state index contributed by atoms with van der Waals surface area (Å²) in [5.74, 6) is -1.52. The Balaban J connectivity index is 1.30. The SMILES string of the molecule is O=C(C[C@H]1C[N+]2(CC(=O)c3cccc(F)c3)CCC1CC2)OC(c1cccc(F)c1)c1cccc(F)c1. The third-order valence-corrected chi connectivity index (χ3v) is 7.84. The molecule has 3 aromatic rings. The predicted molar refractivity (Wildman–Crippen MR) is 132 cm³/mol. The summed E-state index contributed by atoms with van der Waals surface area (Å²) < 4.78 is 48.0. The van der Waals surface area contributed by atoms with Crippen LogP contribution < -0.4 is 0 Å². The van der Waals surface area contributed by atoms with Crippen LogP contribution in [0.1, 0.15) is 46.9 Å². The number of quaternary nitrogens is 1. The van der Waals surface area contributed by atoms with Gasteiger partial charge >= 0.3 is 5.97 Å². The number of halogens is 3. The highest BCUT2D eigenvalue weighted by molar-refractivity contribution is 5.97. The quantitative estimate of drug-likeness (QED) is 0.217. The van der Waals surface area contributed by atoms with E-state index in [1.807, 2.05) is 0 Å². The number of benzene rings is 3. The minimum absolute atomic E-state index is 0.0379. The Kier molecular flexibility index (Phi) is 7.15. The monoisotopic (exact) mass is 508 g/mol. The molecule has 0 aliphatic carbocycles. The zero-order valence-corrected chi connectivity index (χ0v) is 20.4. The summed E-state index contributed by atoms with van der Waals surface area (Å²) in [6.45, 7) is 2.65. The fraction of sp³-hybridized carbons (Fsp3) is 0.333. The normalized spacial score (nSPS) is 22.7. The molecule has 3 aliphatic rings. The summed E-state index contributed by atoms with van der Waals surface area (Å²) >= 11 is 0. The molecule has 192 valence electrons. The number of carbonyl (C=O) groups is 2. The van der Waals surface area contributed by atoms with Crippen molar-refractivity contribution in [1.29, 1.82) is 0 Å². The van der Waals surface area contributed by atoms with Crippen molar-refractivity contribution in [1.82, 2.24) is 0 Å². The van der Waals surface area contributed by atoms with Gasteiger partial charge in [0.1, 0.15) is 24.0 Å². The van der Waals surface area contributed by atoms with E-state index >= 15 is 0 Å². The number of hydrogen-bond donors (Lipinski definition) is 0. The molecule has 0 amide bonds. The van der Waals surface area contributed by atoms with Crippen LogP contribution in [0.15, 0.2) is 72.8 Å². The first-order valence-corrected chi connectivity index (χ1v) is 12.6. The molecular formula is C30H29F3NO3+. The first kappa shape index (κ1) is 25.2. The molecule has 1 atom stereocenters. The van der Waals surface area contributed by atoms with Crippen LogP contribution in [0.4, 0.5) is 13.2 Å². The maximum absolute atomic E-state index is 14.0. The van der Waals surface area contributed by atoms with Crippen molar-refractivity contribution in [3.05, 3.63) is 107 Å². The van der Waals surface area contributed by atoms with E-state index in [1.54, 1.807) is 18.2 Å². The lowest BCUT2D eigenvalue weighted by Gasteiger charge is -2.52. The van der Waals surface area contributed by atoms with Crippen LogP contribution >= 0.6 is 0 Å². The molecule has 0 spiro atoms. The van der Waals surface area contributed by atoms with E-state index in [1.165, 1.54) is 54.6 Å². The molecule has 6 rings (SSSR count). The molecule has 0 radical (unpaired) electrons. The minimum atomic E-state index is -0.933. The molecule has 0 unspecified atom stereocenters. The number of ether oxygens (including phenoxy) is 1. The molecule has 3 fully saturated rings. The molecule has 3 heterocycles.